The van der Waals surface area contributed by atoms with Crippen molar-refractivity contribution in [3.8, 4) is 0 Å². The van der Waals surface area contributed by atoms with Gasteiger partial charge in [0.25, 0.3) is 0 Å². The predicted molar refractivity (Wildman–Crippen MR) is 97.8 cm³/mol. The third-order valence-electron chi connectivity index (χ3n) is 5.04. The molecule has 1 saturated heterocycles. The fourth-order valence-electron chi connectivity index (χ4n) is 3.91. The SMILES string of the molecule is CNC(CC1CCCc2ccccc21)C1SCCSC1C. The number of hydrogen-bond donors (Lipinski definition) is 1. The molecule has 21 heavy (non-hydrogen) atoms. The quantitative estimate of drug-likeness (QED) is 0.887. The first kappa shape index (κ1) is 15.8. The van der Waals surface area contributed by atoms with E-state index < -0.39 is 0 Å². The number of nitrogens with one attached hydrogen (secondary N) is 1. The first-order chi connectivity index (χ1) is 10.3. The number of aryl methyl sites for hydroxylation is 1. The highest BCUT2D eigenvalue weighted by atomic mass is 32.2. The fraction of sp³-hybridized carbons (Fsp3) is 0.667. The van der Waals surface area contributed by atoms with E-state index in [2.05, 4.69) is 67.1 Å². The maximum absolute atomic E-state index is 3.65. The second-order valence-electron chi connectivity index (χ2n) is 6.33. The zero-order valence-corrected chi connectivity index (χ0v) is 14.8. The number of rotatable bonds is 4. The maximum Gasteiger partial charge on any atom is 0.0317 e. The van der Waals surface area contributed by atoms with E-state index in [0.717, 1.165) is 16.4 Å². The zero-order valence-electron chi connectivity index (χ0n) is 13.2. The Morgan fingerprint density at radius 2 is 2.05 bits per heavy atom. The van der Waals surface area contributed by atoms with Crippen molar-refractivity contribution in [3.05, 3.63) is 35.4 Å². The Bertz CT molecular complexity index is 462. The van der Waals surface area contributed by atoms with Gasteiger partial charge in [0.15, 0.2) is 0 Å². The monoisotopic (exact) mass is 321 g/mol. The van der Waals surface area contributed by atoms with Gasteiger partial charge in [0.05, 0.1) is 0 Å². The molecule has 0 radical (unpaired) electrons. The molecule has 1 aromatic rings. The molecule has 2 aliphatic rings. The Labute approximate surface area is 138 Å². The molecule has 4 unspecified atom stereocenters. The summed E-state index contributed by atoms with van der Waals surface area (Å²) in [6, 6.07) is 9.78. The van der Waals surface area contributed by atoms with Gasteiger partial charge >= 0.3 is 0 Å². The van der Waals surface area contributed by atoms with Crippen LogP contribution in [0.1, 0.15) is 43.2 Å². The van der Waals surface area contributed by atoms with E-state index in [9.17, 15) is 0 Å². The Hall–Kier alpha value is -0.120. The highest BCUT2D eigenvalue weighted by molar-refractivity contribution is 8.07. The van der Waals surface area contributed by atoms with Gasteiger partial charge in [-0.15, -0.1) is 0 Å². The van der Waals surface area contributed by atoms with Crippen LogP contribution in [0.5, 0.6) is 0 Å². The molecule has 1 aliphatic heterocycles. The van der Waals surface area contributed by atoms with E-state index in [1.165, 1.54) is 37.2 Å². The molecule has 1 fully saturated rings. The van der Waals surface area contributed by atoms with Gasteiger partial charge in [0.1, 0.15) is 0 Å². The molecule has 3 rings (SSSR count). The van der Waals surface area contributed by atoms with Crippen molar-refractivity contribution in [2.24, 2.45) is 0 Å². The summed E-state index contributed by atoms with van der Waals surface area (Å²) in [6.45, 7) is 2.42. The fourth-order valence-corrected chi connectivity index (χ4v) is 6.93. The molecule has 3 heteroatoms. The summed E-state index contributed by atoms with van der Waals surface area (Å²) in [4.78, 5) is 0. The van der Waals surface area contributed by atoms with Crippen LogP contribution in [-0.4, -0.2) is 35.1 Å². The molecular weight excluding hydrogens is 294 g/mol. The lowest BCUT2D eigenvalue weighted by Crippen LogP contribution is -2.43. The van der Waals surface area contributed by atoms with Gasteiger partial charge in [-0.25, -0.2) is 0 Å². The van der Waals surface area contributed by atoms with Gasteiger partial charge in [-0.05, 0) is 49.8 Å². The van der Waals surface area contributed by atoms with Gasteiger partial charge in [0.2, 0.25) is 0 Å². The molecule has 1 N–H and O–H groups in total. The van der Waals surface area contributed by atoms with E-state index >= 15 is 0 Å². The summed E-state index contributed by atoms with van der Waals surface area (Å²) in [5.41, 5.74) is 3.23. The lowest BCUT2D eigenvalue weighted by molar-refractivity contribution is 0.419. The Morgan fingerprint density at radius 1 is 1.24 bits per heavy atom. The zero-order chi connectivity index (χ0) is 14.7. The number of fused-ring (bicyclic) bond motifs is 1. The summed E-state index contributed by atoms with van der Waals surface area (Å²) in [5, 5.41) is 5.19. The lowest BCUT2D eigenvalue weighted by atomic mass is 9.79. The molecular formula is C18H27NS2. The van der Waals surface area contributed by atoms with Crippen molar-refractivity contribution in [2.45, 2.75) is 55.1 Å². The molecule has 116 valence electrons. The van der Waals surface area contributed by atoms with Crippen LogP contribution in [0.4, 0.5) is 0 Å². The van der Waals surface area contributed by atoms with Crippen LogP contribution in [0.2, 0.25) is 0 Å². The van der Waals surface area contributed by atoms with Crippen LogP contribution in [0.15, 0.2) is 24.3 Å². The predicted octanol–water partition coefficient (Wildman–Crippen LogP) is 4.32. The van der Waals surface area contributed by atoms with E-state index in [1.54, 1.807) is 11.1 Å². The van der Waals surface area contributed by atoms with Crippen LogP contribution in [0.25, 0.3) is 0 Å². The van der Waals surface area contributed by atoms with Crippen LogP contribution >= 0.6 is 23.5 Å². The van der Waals surface area contributed by atoms with E-state index in [4.69, 9.17) is 0 Å². The largest absolute Gasteiger partial charge is 0.316 e. The van der Waals surface area contributed by atoms with Gasteiger partial charge in [-0.2, -0.15) is 23.5 Å². The maximum atomic E-state index is 3.65. The van der Waals surface area contributed by atoms with Crippen molar-refractivity contribution < 1.29 is 0 Å². The Morgan fingerprint density at radius 3 is 2.86 bits per heavy atom. The molecule has 1 aromatic carbocycles. The number of hydrogen-bond acceptors (Lipinski definition) is 3. The average molecular weight is 322 g/mol. The molecule has 1 heterocycles. The van der Waals surface area contributed by atoms with Crippen LogP contribution in [-0.2, 0) is 6.42 Å². The first-order valence-electron chi connectivity index (χ1n) is 8.28. The van der Waals surface area contributed by atoms with Crippen LogP contribution in [0.3, 0.4) is 0 Å². The summed E-state index contributed by atoms with van der Waals surface area (Å²) >= 11 is 4.35. The summed E-state index contributed by atoms with van der Waals surface area (Å²) in [5.74, 6) is 3.40. The van der Waals surface area contributed by atoms with Crippen LogP contribution < -0.4 is 5.32 Å². The highest BCUT2D eigenvalue weighted by Gasteiger charge is 2.32. The minimum atomic E-state index is 0.647. The third-order valence-corrected chi connectivity index (χ3v) is 8.29. The second kappa shape index (κ2) is 7.43. The highest BCUT2D eigenvalue weighted by Crippen LogP contribution is 2.39. The smallest absolute Gasteiger partial charge is 0.0317 e. The Balaban J connectivity index is 1.72. The lowest BCUT2D eigenvalue weighted by Gasteiger charge is -2.37. The molecule has 0 bridgehead atoms. The average Bonchev–Trinajstić information content (AvgIpc) is 2.53. The van der Waals surface area contributed by atoms with E-state index in [-0.39, 0.29) is 0 Å². The van der Waals surface area contributed by atoms with Crippen molar-refractivity contribution in [2.75, 3.05) is 18.6 Å². The third kappa shape index (κ3) is 3.62. The summed E-state index contributed by atoms with van der Waals surface area (Å²) in [7, 11) is 2.16. The molecule has 0 spiro atoms. The van der Waals surface area contributed by atoms with Gasteiger partial charge < -0.3 is 5.32 Å². The first-order valence-corrected chi connectivity index (χ1v) is 10.4. The number of benzene rings is 1. The van der Waals surface area contributed by atoms with E-state index in [0.29, 0.717) is 6.04 Å². The van der Waals surface area contributed by atoms with Gasteiger partial charge in [-0.1, -0.05) is 31.2 Å². The van der Waals surface area contributed by atoms with Crippen molar-refractivity contribution in [1.29, 1.82) is 0 Å². The normalized spacial score (nSPS) is 30.7. The van der Waals surface area contributed by atoms with Crippen LogP contribution in [0, 0.1) is 0 Å². The van der Waals surface area contributed by atoms with Crippen molar-refractivity contribution in [1.82, 2.24) is 5.32 Å². The van der Waals surface area contributed by atoms with Crippen molar-refractivity contribution in [3.63, 3.8) is 0 Å². The Kier molecular flexibility index (Phi) is 5.58. The molecule has 1 nitrogen and oxygen atoms in total. The molecule has 1 aliphatic carbocycles. The van der Waals surface area contributed by atoms with Gasteiger partial charge in [0, 0.05) is 28.0 Å². The van der Waals surface area contributed by atoms with Gasteiger partial charge in [-0.3, -0.25) is 0 Å². The molecule has 4 atom stereocenters. The topological polar surface area (TPSA) is 12.0 Å². The molecule has 0 amide bonds. The number of thioether (sulfide) groups is 2. The molecule has 0 saturated carbocycles. The van der Waals surface area contributed by atoms with Crippen molar-refractivity contribution >= 4 is 23.5 Å². The molecule has 0 aromatic heterocycles. The second-order valence-corrected chi connectivity index (χ2v) is 9.10. The summed E-state index contributed by atoms with van der Waals surface area (Å²) in [6.07, 6.45) is 5.31. The summed E-state index contributed by atoms with van der Waals surface area (Å²) < 4.78 is 0. The minimum absolute atomic E-state index is 0.647. The van der Waals surface area contributed by atoms with E-state index in [1.807, 2.05) is 0 Å². The minimum Gasteiger partial charge on any atom is -0.316 e. The standard InChI is InChI=1S/C18H27NS2/c1-13-18(21-11-10-20-13)17(19-2)12-15-8-5-7-14-6-3-4-9-16(14)15/h3-4,6,9,13,15,17-19H,5,7-8,10-12H2,1-2H3.